The number of carbonyl (C=O) groups is 1. The second-order valence-corrected chi connectivity index (χ2v) is 4.01. The first-order valence-electron chi connectivity index (χ1n) is 6.13. The Kier molecular flexibility index (Phi) is 6.52. The van der Waals surface area contributed by atoms with Crippen LogP contribution in [0, 0.1) is 10.1 Å². The quantitative estimate of drug-likeness (QED) is 0.187. The van der Waals surface area contributed by atoms with Crippen molar-refractivity contribution in [1.82, 2.24) is 0 Å². The molecule has 0 heterocycles. The van der Waals surface area contributed by atoms with E-state index in [2.05, 4.69) is 4.84 Å². The molecule has 0 amide bonds. The zero-order valence-electron chi connectivity index (χ0n) is 11.1. The molecule has 0 aliphatic carbocycles. The fraction of sp³-hybridized carbons (Fsp3) is 0.308. The first-order valence-corrected chi connectivity index (χ1v) is 6.13. The summed E-state index contributed by atoms with van der Waals surface area (Å²) in [6.45, 7) is 0.0955. The van der Waals surface area contributed by atoms with Crippen molar-refractivity contribution in [2.24, 2.45) is 0 Å². The number of aromatic hydroxyl groups is 2. The van der Waals surface area contributed by atoms with Gasteiger partial charge < -0.3 is 19.8 Å². The molecule has 114 valence electrons. The lowest BCUT2D eigenvalue weighted by Gasteiger charge is -2.02. The summed E-state index contributed by atoms with van der Waals surface area (Å²) >= 11 is 0. The van der Waals surface area contributed by atoms with Crippen LogP contribution in [0.1, 0.15) is 18.4 Å². The Morgan fingerprint density at radius 2 is 1.95 bits per heavy atom. The van der Waals surface area contributed by atoms with E-state index in [1.54, 1.807) is 0 Å². The number of ether oxygens (including phenoxy) is 1. The molecule has 0 aliphatic rings. The fourth-order valence-corrected chi connectivity index (χ4v) is 1.37. The van der Waals surface area contributed by atoms with Crippen LogP contribution in [0.4, 0.5) is 0 Å². The molecule has 0 unspecified atom stereocenters. The van der Waals surface area contributed by atoms with Crippen LogP contribution in [0.25, 0.3) is 6.08 Å². The Hall–Kier alpha value is -2.77. The number of carbonyl (C=O) groups excluding carboxylic acids is 1. The Labute approximate surface area is 120 Å². The molecule has 1 aromatic rings. The number of hydrogen-bond donors (Lipinski definition) is 2. The molecule has 0 atom stereocenters. The van der Waals surface area contributed by atoms with Gasteiger partial charge in [-0.3, -0.25) is 0 Å². The van der Waals surface area contributed by atoms with Crippen LogP contribution in [0.15, 0.2) is 24.3 Å². The van der Waals surface area contributed by atoms with Gasteiger partial charge in [0.25, 0.3) is 5.09 Å². The molecule has 0 bridgehead atoms. The summed E-state index contributed by atoms with van der Waals surface area (Å²) in [4.78, 5) is 25.3. The van der Waals surface area contributed by atoms with Crippen LogP contribution in [0.3, 0.4) is 0 Å². The highest BCUT2D eigenvalue weighted by Gasteiger charge is 2.01. The Bertz CT molecular complexity index is 527. The molecule has 0 radical (unpaired) electrons. The van der Waals surface area contributed by atoms with E-state index in [9.17, 15) is 20.0 Å². The van der Waals surface area contributed by atoms with Crippen molar-refractivity contribution in [2.45, 2.75) is 12.8 Å². The fourth-order valence-electron chi connectivity index (χ4n) is 1.37. The number of rotatable bonds is 8. The number of unbranched alkanes of at least 4 members (excludes halogenated alkanes) is 1. The Morgan fingerprint density at radius 1 is 1.24 bits per heavy atom. The summed E-state index contributed by atoms with van der Waals surface area (Å²) in [6.07, 6.45) is 3.47. The molecule has 0 saturated heterocycles. The van der Waals surface area contributed by atoms with Crippen molar-refractivity contribution in [3.8, 4) is 11.5 Å². The van der Waals surface area contributed by atoms with Gasteiger partial charge in [0, 0.05) is 6.08 Å². The SMILES string of the molecule is O=C(/C=C/c1ccc(O)c(O)c1)OCCCCO[N+](=O)[O-]. The maximum atomic E-state index is 11.3. The van der Waals surface area contributed by atoms with Crippen molar-refractivity contribution in [1.29, 1.82) is 0 Å². The van der Waals surface area contributed by atoms with Gasteiger partial charge in [-0.1, -0.05) is 6.07 Å². The third kappa shape index (κ3) is 6.81. The largest absolute Gasteiger partial charge is 0.504 e. The maximum Gasteiger partial charge on any atom is 0.330 e. The molecule has 2 N–H and O–H groups in total. The van der Waals surface area contributed by atoms with Crippen LogP contribution >= 0.6 is 0 Å². The molecular formula is C13H15NO7. The molecule has 21 heavy (non-hydrogen) atoms. The number of phenolic OH excluding ortho intramolecular Hbond substituents is 2. The van der Waals surface area contributed by atoms with E-state index in [1.165, 1.54) is 30.4 Å². The van der Waals surface area contributed by atoms with Gasteiger partial charge in [-0.05, 0) is 36.6 Å². The number of phenols is 2. The summed E-state index contributed by atoms with van der Waals surface area (Å²) in [7, 11) is 0. The molecule has 0 saturated carbocycles. The summed E-state index contributed by atoms with van der Waals surface area (Å²) in [5.41, 5.74) is 0.529. The Balaban J connectivity index is 2.25. The molecule has 0 spiro atoms. The van der Waals surface area contributed by atoms with E-state index >= 15 is 0 Å². The van der Waals surface area contributed by atoms with Gasteiger partial charge >= 0.3 is 5.97 Å². The van der Waals surface area contributed by atoms with Gasteiger partial charge in [-0.15, -0.1) is 10.1 Å². The zero-order valence-corrected chi connectivity index (χ0v) is 11.1. The van der Waals surface area contributed by atoms with Gasteiger partial charge in [0.05, 0.1) is 13.2 Å². The number of benzene rings is 1. The van der Waals surface area contributed by atoms with Crippen molar-refractivity contribution >= 4 is 12.0 Å². The monoisotopic (exact) mass is 297 g/mol. The maximum absolute atomic E-state index is 11.3. The van der Waals surface area contributed by atoms with Crippen LogP contribution in [0.2, 0.25) is 0 Å². The lowest BCUT2D eigenvalue weighted by molar-refractivity contribution is -0.757. The zero-order chi connectivity index (χ0) is 15.7. The van der Waals surface area contributed by atoms with Crippen molar-refractivity contribution < 1.29 is 29.7 Å². The van der Waals surface area contributed by atoms with Crippen LogP contribution in [-0.4, -0.2) is 34.5 Å². The van der Waals surface area contributed by atoms with E-state index < -0.39 is 11.1 Å². The molecule has 8 heteroatoms. The Morgan fingerprint density at radius 3 is 2.62 bits per heavy atom. The number of nitrogens with zero attached hydrogens (tertiary/aromatic N) is 1. The van der Waals surface area contributed by atoms with E-state index in [0.717, 1.165) is 0 Å². The number of hydrogen-bond acceptors (Lipinski definition) is 7. The lowest BCUT2D eigenvalue weighted by Crippen LogP contribution is -2.05. The minimum absolute atomic E-state index is 0.0345. The number of esters is 1. The second kappa shape index (κ2) is 8.41. The van der Waals surface area contributed by atoms with Gasteiger partial charge in [-0.2, -0.15) is 0 Å². The van der Waals surface area contributed by atoms with Gasteiger partial charge in [0.2, 0.25) is 0 Å². The molecule has 8 nitrogen and oxygen atoms in total. The molecule has 0 aliphatic heterocycles. The van der Waals surface area contributed by atoms with Crippen LogP contribution in [-0.2, 0) is 14.4 Å². The first-order chi connectivity index (χ1) is 9.99. The molecule has 1 rings (SSSR count). The minimum atomic E-state index is -0.873. The summed E-state index contributed by atoms with van der Waals surface area (Å²) in [5.74, 6) is -1.10. The summed E-state index contributed by atoms with van der Waals surface area (Å²) < 4.78 is 4.86. The summed E-state index contributed by atoms with van der Waals surface area (Å²) in [6, 6.07) is 4.12. The van der Waals surface area contributed by atoms with Gasteiger partial charge in [0.15, 0.2) is 11.5 Å². The summed E-state index contributed by atoms with van der Waals surface area (Å²) in [5, 5.41) is 27.4. The third-order valence-corrected chi connectivity index (χ3v) is 2.39. The van der Waals surface area contributed by atoms with Crippen molar-refractivity contribution in [3.05, 3.63) is 40.0 Å². The highest BCUT2D eigenvalue weighted by Crippen LogP contribution is 2.25. The van der Waals surface area contributed by atoms with E-state index in [1.807, 2.05) is 0 Å². The average Bonchev–Trinajstić information content (AvgIpc) is 2.43. The normalized spacial score (nSPS) is 10.5. The topological polar surface area (TPSA) is 119 Å². The van der Waals surface area contributed by atoms with Gasteiger partial charge in [-0.25, -0.2) is 4.79 Å². The molecular weight excluding hydrogens is 282 g/mol. The third-order valence-electron chi connectivity index (χ3n) is 2.39. The highest BCUT2D eigenvalue weighted by atomic mass is 16.9. The first kappa shape index (κ1) is 16.3. The lowest BCUT2D eigenvalue weighted by atomic mass is 10.2. The van der Waals surface area contributed by atoms with Gasteiger partial charge in [0.1, 0.15) is 0 Å². The van der Waals surface area contributed by atoms with Crippen LogP contribution < -0.4 is 0 Å². The smallest absolute Gasteiger partial charge is 0.330 e. The molecule has 1 aromatic carbocycles. The van der Waals surface area contributed by atoms with E-state index in [4.69, 9.17) is 9.84 Å². The predicted octanol–water partition coefficient (Wildman–Crippen LogP) is 1.64. The van der Waals surface area contributed by atoms with E-state index in [0.29, 0.717) is 18.4 Å². The highest BCUT2D eigenvalue weighted by molar-refractivity contribution is 5.87. The predicted molar refractivity (Wildman–Crippen MR) is 71.9 cm³/mol. The van der Waals surface area contributed by atoms with E-state index in [-0.39, 0.29) is 24.7 Å². The average molecular weight is 297 g/mol. The van der Waals surface area contributed by atoms with Crippen molar-refractivity contribution in [2.75, 3.05) is 13.2 Å². The van der Waals surface area contributed by atoms with Crippen molar-refractivity contribution in [3.63, 3.8) is 0 Å². The molecule has 0 aromatic heterocycles. The minimum Gasteiger partial charge on any atom is -0.504 e. The van der Waals surface area contributed by atoms with Crippen LogP contribution in [0.5, 0.6) is 11.5 Å². The second-order valence-electron chi connectivity index (χ2n) is 4.01. The standard InChI is InChI=1S/C13H15NO7/c15-11-5-3-10(9-12(11)16)4-6-13(17)20-7-1-2-8-21-14(18)19/h3-6,9,15-16H,1-2,7-8H2/b6-4+. The molecule has 0 fully saturated rings.